The largest absolute Gasteiger partial charge is 0.506 e. The van der Waals surface area contributed by atoms with Crippen LogP contribution < -0.4 is 5.32 Å². The zero-order valence-electron chi connectivity index (χ0n) is 9.61. The molecule has 1 heterocycles. The van der Waals surface area contributed by atoms with E-state index < -0.39 is 5.91 Å². The number of rotatable bonds is 3. The van der Waals surface area contributed by atoms with Crippen LogP contribution in [0.2, 0.25) is 5.02 Å². The monoisotopic (exact) mass is 266 g/mol. The molecule has 0 unspecified atom stereocenters. The van der Waals surface area contributed by atoms with Gasteiger partial charge in [0.05, 0.1) is 5.69 Å². The zero-order chi connectivity index (χ0) is 13.1. The van der Waals surface area contributed by atoms with Gasteiger partial charge in [-0.2, -0.15) is 0 Å². The van der Waals surface area contributed by atoms with Gasteiger partial charge in [-0.05, 0) is 18.2 Å². The maximum Gasteiger partial charge on any atom is 0.277 e. The van der Waals surface area contributed by atoms with E-state index in [0.717, 1.165) is 0 Å². The summed E-state index contributed by atoms with van der Waals surface area (Å²) < 4.78 is 4.93. The van der Waals surface area contributed by atoms with Crippen molar-refractivity contribution in [2.75, 3.05) is 5.32 Å². The molecule has 1 amide bonds. The molecule has 5 nitrogen and oxygen atoms in total. The number of phenols is 1. The van der Waals surface area contributed by atoms with Crippen LogP contribution >= 0.6 is 11.6 Å². The summed E-state index contributed by atoms with van der Waals surface area (Å²) in [6.45, 7) is 1.89. The lowest BCUT2D eigenvalue weighted by Gasteiger charge is -2.05. The Morgan fingerprint density at radius 2 is 2.28 bits per heavy atom. The molecule has 0 radical (unpaired) electrons. The van der Waals surface area contributed by atoms with Crippen molar-refractivity contribution in [2.24, 2.45) is 0 Å². The predicted molar refractivity (Wildman–Crippen MR) is 67.0 cm³/mol. The van der Waals surface area contributed by atoms with Crippen LogP contribution in [0.25, 0.3) is 0 Å². The summed E-state index contributed by atoms with van der Waals surface area (Å²) in [5.74, 6) is 0.0958. The topological polar surface area (TPSA) is 75.4 Å². The van der Waals surface area contributed by atoms with Gasteiger partial charge in [-0.3, -0.25) is 4.79 Å². The summed E-state index contributed by atoms with van der Waals surface area (Å²) >= 11 is 5.78. The number of benzene rings is 1. The van der Waals surface area contributed by atoms with Gasteiger partial charge in [0.25, 0.3) is 5.91 Å². The van der Waals surface area contributed by atoms with Crippen molar-refractivity contribution in [3.8, 4) is 5.75 Å². The maximum atomic E-state index is 11.8. The van der Waals surface area contributed by atoms with Crippen molar-refractivity contribution in [1.29, 1.82) is 0 Å². The lowest BCUT2D eigenvalue weighted by atomic mass is 10.2. The summed E-state index contributed by atoms with van der Waals surface area (Å²) in [6, 6.07) is 5.93. The minimum Gasteiger partial charge on any atom is -0.506 e. The summed E-state index contributed by atoms with van der Waals surface area (Å²) in [6.07, 6.45) is 0.655. The summed E-state index contributed by atoms with van der Waals surface area (Å²) in [5.41, 5.74) is 0.389. The highest BCUT2D eigenvalue weighted by Crippen LogP contribution is 2.26. The SMILES string of the molecule is CCc1cc(C(=O)Nc2cc(Cl)ccc2O)no1. The Kier molecular flexibility index (Phi) is 3.53. The van der Waals surface area contributed by atoms with E-state index in [4.69, 9.17) is 16.1 Å². The second-order valence-corrected chi connectivity index (χ2v) is 4.08. The first-order valence-electron chi connectivity index (χ1n) is 5.35. The van der Waals surface area contributed by atoms with Gasteiger partial charge in [0.15, 0.2) is 5.69 Å². The number of carbonyl (C=O) groups is 1. The van der Waals surface area contributed by atoms with Gasteiger partial charge in [0, 0.05) is 17.5 Å². The quantitative estimate of drug-likeness (QED) is 0.838. The van der Waals surface area contributed by atoms with Gasteiger partial charge in [0.2, 0.25) is 0 Å². The standard InChI is InChI=1S/C12H11ClN2O3/c1-2-8-6-10(15-18-8)12(17)14-9-5-7(13)3-4-11(9)16/h3-6,16H,2H2,1H3,(H,14,17). The van der Waals surface area contributed by atoms with Crippen LogP contribution in [-0.4, -0.2) is 16.2 Å². The molecule has 94 valence electrons. The Balaban J connectivity index is 2.18. The van der Waals surface area contributed by atoms with Crippen LogP contribution in [0.15, 0.2) is 28.8 Å². The van der Waals surface area contributed by atoms with Crippen LogP contribution in [0.1, 0.15) is 23.2 Å². The van der Waals surface area contributed by atoms with Crippen LogP contribution in [0.5, 0.6) is 5.75 Å². The molecule has 2 N–H and O–H groups in total. The number of phenolic OH excluding ortho intramolecular Hbond substituents is 1. The molecule has 0 atom stereocenters. The van der Waals surface area contributed by atoms with Crippen molar-refractivity contribution >= 4 is 23.2 Å². The van der Waals surface area contributed by atoms with E-state index in [1.807, 2.05) is 6.92 Å². The Morgan fingerprint density at radius 3 is 2.94 bits per heavy atom. The zero-order valence-corrected chi connectivity index (χ0v) is 10.4. The van der Waals surface area contributed by atoms with E-state index >= 15 is 0 Å². The number of aromatic hydroxyl groups is 1. The van der Waals surface area contributed by atoms with Crippen molar-refractivity contribution in [2.45, 2.75) is 13.3 Å². The van der Waals surface area contributed by atoms with E-state index in [0.29, 0.717) is 17.2 Å². The Bertz CT molecular complexity index is 580. The summed E-state index contributed by atoms with van der Waals surface area (Å²) in [7, 11) is 0. The highest BCUT2D eigenvalue weighted by molar-refractivity contribution is 6.31. The number of halogens is 1. The van der Waals surface area contributed by atoms with Crippen LogP contribution in [0.3, 0.4) is 0 Å². The van der Waals surface area contributed by atoms with Gasteiger partial charge < -0.3 is 14.9 Å². The fraction of sp³-hybridized carbons (Fsp3) is 0.167. The maximum absolute atomic E-state index is 11.8. The number of aromatic nitrogens is 1. The third kappa shape index (κ3) is 2.62. The molecule has 0 fully saturated rings. The first kappa shape index (κ1) is 12.4. The van der Waals surface area contributed by atoms with Gasteiger partial charge >= 0.3 is 0 Å². The molecule has 18 heavy (non-hydrogen) atoms. The molecular weight excluding hydrogens is 256 g/mol. The fourth-order valence-corrected chi connectivity index (χ4v) is 1.55. The first-order valence-corrected chi connectivity index (χ1v) is 5.73. The van der Waals surface area contributed by atoms with Crippen molar-refractivity contribution < 1.29 is 14.4 Å². The summed E-state index contributed by atoms with van der Waals surface area (Å²) in [5, 5.41) is 16.1. The van der Waals surface area contributed by atoms with Crippen LogP contribution in [0.4, 0.5) is 5.69 Å². The number of hydrogen-bond donors (Lipinski definition) is 2. The third-order valence-corrected chi connectivity index (χ3v) is 2.58. The average Bonchev–Trinajstić information content (AvgIpc) is 2.82. The lowest BCUT2D eigenvalue weighted by molar-refractivity contribution is 0.101. The number of carbonyl (C=O) groups excluding carboxylic acids is 1. The Morgan fingerprint density at radius 1 is 1.50 bits per heavy atom. The molecule has 0 saturated heterocycles. The van der Waals surface area contributed by atoms with Gasteiger partial charge in [0.1, 0.15) is 11.5 Å². The normalized spacial score (nSPS) is 10.3. The van der Waals surface area contributed by atoms with Gasteiger partial charge in [-0.1, -0.05) is 23.7 Å². The highest BCUT2D eigenvalue weighted by Gasteiger charge is 2.13. The third-order valence-electron chi connectivity index (χ3n) is 2.35. The summed E-state index contributed by atoms with van der Waals surface area (Å²) in [4.78, 5) is 11.8. The van der Waals surface area contributed by atoms with Crippen LogP contribution in [0, 0.1) is 0 Å². The minimum atomic E-state index is -0.462. The van der Waals surface area contributed by atoms with Gasteiger partial charge in [-0.25, -0.2) is 0 Å². The first-order chi connectivity index (χ1) is 8.60. The smallest absolute Gasteiger partial charge is 0.277 e. The molecule has 0 aliphatic heterocycles. The highest BCUT2D eigenvalue weighted by atomic mass is 35.5. The van der Waals surface area contributed by atoms with Crippen molar-refractivity contribution in [3.63, 3.8) is 0 Å². The molecule has 0 saturated carbocycles. The fourth-order valence-electron chi connectivity index (χ4n) is 1.38. The minimum absolute atomic E-state index is 0.0630. The van der Waals surface area contributed by atoms with E-state index in [1.165, 1.54) is 18.2 Å². The molecule has 2 rings (SSSR count). The average molecular weight is 267 g/mol. The molecule has 1 aromatic carbocycles. The second kappa shape index (κ2) is 5.10. The number of nitrogens with zero attached hydrogens (tertiary/aromatic N) is 1. The molecule has 0 bridgehead atoms. The number of anilines is 1. The number of nitrogens with one attached hydrogen (secondary N) is 1. The Labute approximate surface area is 108 Å². The number of aryl methyl sites for hydroxylation is 1. The van der Waals surface area contributed by atoms with E-state index in [2.05, 4.69) is 10.5 Å². The van der Waals surface area contributed by atoms with Gasteiger partial charge in [-0.15, -0.1) is 0 Å². The van der Waals surface area contributed by atoms with Crippen molar-refractivity contribution in [3.05, 3.63) is 40.7 Å². The van der Waals surface area contributed by atoms with E-state index in [1.54, 1.807) is 6.07 Å². The molecule has 1 aromatic heterocycles. The number of amides is 1. The number of hydrogen-bond acceptors (Lipinski definition) is 4. The lowest BCUT2D eigenvalue weighted by Crippen LogP contribution is -2.12. The molecule has 0 aliphatic carbocycles. The molecule has 0 spiro atoms. The molecule has 2 aromatic rings. The predicted octanol–water partition coefficient (Wildman–Crippen LogP) is 2.85. The molecule has 0 aliphatic rings. The van der Waals surface area contributed by atoms with E-state index in [-0.39, 0.29) is 17.1 Å². The van der Waals surface area contributed by atoms with Crippen molar-refractivity contribution in [1.82, 2.24) is 5.16 Å². The van der Waals surface area contributed by atoms with Crippen LogP contribution in [-0.2, 0) is 6.42 Å². The molecule has 6 heteroatoms. The molecular formula is C12H11ClN2O3. The Hall–Kier alpha value is -2.01. The second-order valence-electron chi connectivity index (χ2n) is 3.65. The van der Waals surface area contributed by atoms with E-state index in [9.17, 15) is 9.90 Å².